The van der Waals surface area contributed by atoms with Crippen LogP contribution in [0, 0.1) is 0 Å². The first-order valence-electron chi connectivity index (χ1n) is 5.62. The molecule has 1 heterocycles. The first kappa shape index (κ1) is 11.9. The minimum atomic E-state index is -3.80. The molecule has 0 bridgehead atoms. The van der Waals surface area contributed by atoms with Crippen LogP contribution in [0.25, 0.3) is 22.0 Å². The van der Waals surface area contributed by atoms with Crippen LogP contribution in [-0.4, -0.2) is 18.6 Å². The summed E-state index contributed by atoms with van der Waals surface area (Å²) in [7, 11) is -3.80. The predicted molar refractivity (Wildman–Crippen MR) is 72.9 cm³/mol. The highest BCUT2D eigenvalue weighted by Crippen LogP contribution is 2.32. The Morgan fingerprint density at radius 2 is 1.84 bits per heavy atom. The minimum absolute atomic E-state index is 0.0930. The van der Waals surface area contributed by atoms with Gasteiger partial charge in [-0.3, -0.25) is 5.10 Å². The van der Waals surface area contributed by atoms with Crippen LogP contribution < -0.4 is 5.14 Å². The molecule has 0 radical (unpaired) electrons. The van der Waals surface area contributed by atoms with Gasteiger partial charge in [-0.15, -0.1) is 0 Å². The van der Waals surface area contributed by atoms with Gasteiger partial charge in [-0.05, 0) is 22.9 Å². The number of primary sulfonamides is 1. The standard InChI is InChI=1S/C13H11N3O2S/c14-19(17,18)12-6-5-9-3-1-2-4-10(9)13(12)11-7-8-15-16-11/h1-8H,(H,15,16)(H2,14,17,18). The average molecular weight is 273 g/mol. The molecule has 96 valence electrons. The van der Waals surface area contributed by atoms with Crippen molar-refractivity contribution in [2.45, 2.75) is 4.90 Å². The summed E-state index contributed by atoms with van der Waals surface area (Å²) in [6.07, 6.45) is 1.57. The predicted octanol–water partition coefficient (Wildman–Crippen LogP) is 1.88. The van der Waals surface area contributed by atoms with Crippen molar-refractivity contribution in [2.75, 3.05) is 0 Å². The Kier molecular flexibility index (Phi) is 2.62. The van der Waals surface area contributed by atoms with Crippen LogP contribution in [0.3, 0.4) is 0 Å². The summed E-state index contributed by atoms with van der Waals surface area (Å²) in [5.41, 5.74) is 1.18. The topological polar surface area (TPSA) is 88.8 Å². The third-order valence-electron chi connectivity index (χ3n) is 2.97. The lowest BCUT2D eigenvalue weighted by atomic mass is 10.0. The van der Waals surface area contributed by atoms with Crippen LogP contribution in [0.2, 0.25) is 0 Å². The van der Waals surface area contributed by atoms with Gasteiger partial charge in [0.25, 0.3) is 0 Å². The number of nitrogens with zero attached hydrogens (tertiary/aromatic N) is 1. The first-order valence-corrected chi connectivity index (χ1v) is 7.16. The molecule has 3 rings (SSSR count). The van der Waals surface area contributed by atoms with Crippen LogP contribution >= 0.6 is 0 Å². The van der Waals surface area contributed by atoms with Gasteiger partial charge in [0, 0.05) is 11.8 Å². The highest BCUT2D eigenvalue weighted by atomic mass is 32.2. The van der Waals surface area contributed by atoms with E-state index in [1.807, 2.05) is 24.3 Å². The molecule has 5 nitrogen and oxygen atoms in total. The van der Waals surface area contributed by atoms with E-state index in [4.69, 9.17) is 5.14 Å². The van der Waals surface area contributed by atoms with Crippen molar-refractivity contribution in [2.24, 2.45) is 5.14 Å². The van der Waals surface area contributed by atoms with Gasteiger partial charge in [-0.1, -0.05) is 30.3 Å². The Morgan fingerprint density at radius 1 is 1.05 bits per heavy atom. The minimum Gasteiger partial charge on any atom is -0.278 e. The highest BCUT2D eigenvalue weighted by molar-refractivity contribution is 7.89. The number of benzene rings is 2. The lowest BCUT2D eigenvalue weighted by Gasteiger charge is -2.10. The Hall–Kier alpha value is -2.18. The van der Waals surface area contributed by atoms with Crippen LogP contribution in [0.1, 0.15) is 0 Å². The Labute approximate surface area is 110 Å². The quantitative estimate of drug-likeness (QED) is 0.747. The zero-order chi connectivity index (χ0) is 13.5. The van der Waals surface area contributed by atoms with Gasteiger partial charge in [0.2, 0.25) is 10.0 Å². The van der Waals surface area contributed by atoms with Crippen molar-refractivity contribution in [3.63, 3.8) is 0 Å². The number of fused-ring (bicyclic) bond motifs is 1. The number of H-pyrrole nitrogens is 1. The fourth-order valence-electron chi connectivity index (χ4n) is 2.16. The molecule has 0 amide bonds. The molecule has 2 aromatic carbocycles. The van der Waals surface area contributed by atoms with Crippen LogP contribution in [0.4, 0.5) is 0 Å². The maximum absolute atomic E-state index is 11.7. The second kappa shape index (κ2) is 4.18. The number of sulfonamides is 1. The lowest BCUT2D eigenvalue weighted by Crippen LogP contribution is -2.13. The number of aromatic amines is 1. The summed E-state index contributed by atoms with van der Waals surface area (Å²) >= 11 is 0. The molecule has 0 spiro atoms. The van der Waals surface area contributed by atoms with Crippen molar-refractivity contribution in [1.29, 1.82) is 0 Å². The number of aromatic nitrogens is 2. The molecule has 3 N–H and O–H groups in total. The second-order valence-corrected chi connectivity index (χ2v) is 5.71. The molecule has 0 aliphatic heterocycles. The summed E-state index contributed by atoms with van der Waals surface area (Å²) in [6.45, 7) is 0. The molecule has 0 saturated carbocycles. The largest absolute Gasteiger partial charge is 0.278 e. The zero-order valence-corrected chi connectivity index (χ0v) is 10.7. The number of nitrogens with one attached hydrogen (secondary N) is 1. The van der Waals surface area contributed by atoms with E-state index >= 15 is 0 Å². The molecular formula is C13H11N3O2S. The van der Waals surface area contributed by atoms with Crippen LogP contribution in [0.5, 0.6) is 0 Å². The highest BCUT2D eigenvalue weighted by Gasteiger charge is 2.18. The number of nitrogens with two attached hydrogens (primary N) is 1. The number of hydrogen-bond donors (Lipinski definition) is 2. The molecule has 1 aromatic heterocycles. The van der Waals surface area contributed by atoms with Crippen LogP contribution in [-0.2, 0) is 10.0 Å². The van der Waals surface area contributed by atoms with E-state index in [0.717, 1.165) is 10.8 Å². The fourth-order valence-corrected chi connectivity index (χ4v) is 2.92. The molecular weight excluding hydrogens is 262 g/mol. The van der Waals surface area contributed by atoms with Gasteiger partial charge in [0.1, 0.15) is 0 Å². The third-order valence-corrected chi connectivity index (χ3v) is 3.92. The summed E-state index contributed by atoms with van der Waals surface area (Å²) in [5, 5.41) is 13.7. The third kappa shape index (κ3) is 2.00. The molecule has 0 aliphatic carbocycles. The number of hydrogen-bond acceptors (Lipinski definition) is 3. The monoisotopic (exact) mass is 273 g/mol. The van der Waals surface area contributed by atoms with Crippen molar-refractivity contribution < 1.29 is 8.42 Å². The maximum Gasteiger partial charge on any atom is 0.238 e. The summed E-state index contributed by atoms with van der Waals surface area (Å²) in [6, 6.07) is 12.5. The molecule has 6 heteroatoms. The van der Waals surface area contributed by atoms with E-state index in [2.05, 4.69) is 10.2 Å². The van der Waals surface area contributed by atoms with Gasteiger partial charge in [0.15, 0.2) is 0 Å². The second-order valence-electron chi connectivity index (χ2n) is 4.18. The first-order chi connectivity index (χ1) is 9.07. The van der Waals surface area contributed by atoms with E-state index in [0.29, 0.717) is 11.3 Å². The van der Waals surface area contributed by atoms with E-state index in [1.165, 1.54) is 6.07 Å². The van der Waals surface area contributed by atoms with Crippen molar-refractivity contribution in [1.82, 2.24) is 10.2 Å². The SMILES string of the molecule is NS(=O)(=O)c1ccc2ccccc2c1-c1ccn[nH]1. The van der Waals surface area contributed by atoms with Crippen molar-refractivity contribution in [3.8, 4) is 11.3 Å². The number of rotatable bonds is 2. The van der Waals surface area contributed by atoms with Crippen molar-refractivity contribution in [3.05, 3.63) is 48.7 Å². The Balaban J connectivity index is 2.49. The molecule has 0 unspecified atom stereocenters. The summed E-state index contributed by atoms with van der Waals surface area (Å²) in [4.78, 5) is 0.0930. The molecule has 0 atom stereocenters. The Bertz CT molecular complexity index is 839. The Morgan fingerprint density at radius 3 is 2.53 bits per heavy atom. The zero-order valence-electron chi connectivity index (χ0n) is 9.87. The summed E-state index contributed by atoms with van der Waals surface area (Å²) < 4.78 is 23.5. The van der Waals surface area contributed by atoms with E-state index in [-0.39, 0.29) is 4.90 Å². The summed E-state index contributed by atoms with van der Waals surface area (Å²) in [5.74, 6) is 0. The molecule has 0 aliphatic rings. The molecule has 0 fully saturated rings. The molecule has 0 saturated heterocycles. The van der Waals surface area contributed by atoms with Crippen LogP contribution in [0.15, 0.2) is 53.6 Å². The van der Waals surface area contributed by atoms with E-state index in [1.54, 1.807) is 18.3 Å². The van der Waals surface area contributed by atoms with Gasteiger partial charge in [-0.25, -0.2) is 13.6 Å². The van der Waals surface area contributed by atoms with E-state index < -0.39 is 10.0 Å². The smallest absolute Gasteiger partial charge is 0.238 e. The van der Waals surface area contributed by atoms with E-state index in [9.17, 15) is 8.42 Å². The van der Waals surface area contributed by atoms with Crippen molar-refractivity contribution >= 4 is 20.8 Å². The lowest BCUT2D eigenvalue weighted by molar-refractivity contribution is 0.598. The average Bonchev–Trinajstić information content (AvgIpc) is 2.89. The van der Waals surface area contributed by atoms with Gasteiger partial charge < -0.3 is 0 Å². The molecule has 3 aromatic rings. The van der Waals surface area contributed by atoms with Gasteiger partial charge in [-0.2, -0.15) is 5.10 Å². The maximum atomic E-state index is 11.7. The van der Waals surface area contributed by atoms with Gasteiger partial charge in [0.05, 0.1) is 10.6 Å². The van der Waals surface area contributed by atoms with Gasteiger partial charge >= 0.3 is 0 Å². The fraction of sp³-hybridized carbons (Fsp3) is 0. The molecule has 19 heavy (non-hydrogen) atoms. The normalized spacial score (nSPS) is 11.8.